The Morgan fingerprint density at radius 1 is 1.00 bits per heavy atom. The third-order valence-corrected chi connectivity index (χ3v) is 5.30. The summed E-state index contributed by atoms with van der Waals surface area (Å²) in [6, 6.07) is -2.18. The van der Waals surface area contributed by atoms with E-state index < -0.39 is 32.9 Å². The molecule has 0 aliphatic rings. The van der Waals surface area contributed by atoms with E-state index in [1.165, 1.54) is 0 Å². The van der Waals surface area contributed by atoms with Crippen LogP contribution in [0.25, 0.3) is 0 Å². The largest absolute Gasteiger partial charge is 1.00 e. The summed E-state index contributed by atoms with van der Waals surface area (Å²) < 4.78 is 20.8. The summed E-state index contributed by atoms with van der Waals surface area (Å²) in [5.74, 6) is 0. The minimum absolute atomic E-state index is 0. The maximum Gasteiger partial charge on any atom is 1.00 e. The molecular weight excluding hydrogens is 330 g/mol. The van der Waals surface area contributed by atoms with Crippen LogP contribution in [0.3, 0.4) is 0 Å². The Labute approximate surface area is 193 Å². The topological polar surface area (TPSA) is 199 Å². The minimum atomic E-state index is -6.12. The van der Waals surface area contributed by atoms with E-state index in [4.69, 9.17) is 16.6 Å². The van der Waals surface area contributed by atoms with E-state index in [1.54, 1.807) is 0 Å². The second-order valence-corrected chi connectivity index (χ2v) is 6.23. The average molecular weight is 338 g/mol. The molecule has 1 atom stereocenters. The first kappa shape index (κ1) is 33.7. The fraction of sp³-hybridized carbons (Fsp3) is 1.00. The predicted molar refractivity (Wildman–Crippen MR) is 37.2 cm³/mol. The van der Waals surface area contributed by atoms with E-state index >= 15 is 0 Å². The van der Waals surface area contributed by atoms with Crippen molar-refractivity contribution in [1.82, 2.24) is 0 Å². The number of rotatable bonds is 4. The molecule has 0 rings (SSSR count). The molecule has 5 N–H and O–H groups in total. The summed E-state index contributed by atoms with van der Waals surface area (Å²) >= 11 is 0. The van der Waals surface area contributed by atoms with E-state index in [9.17, 15) is 28.7 Å². The van der Waals surface area contributed by atoms with Gasteiger partial charge in [0.2, 0.25) is 0 Å². The summed E-state index contributed by atoms with van der Waals surface area (Å²) in [6.07, 6.45) is 0. The second kappa shape index (κ2) is 12.6. The summed E-state index contributed by atoms with van der Waals surface area (Å²) in [6.45, 7) is -0.848. The maximum absolute atomic E-state index is 10.4. The van der Waals surface area contributed by atoms with Gasteiger partial charge in [-0.1, -0.05) is 0 Å². The van der Waals surface area contributed by atoms with Gasteiger partial charge in [-0.25, -0.2) is 0 Å². The van der Waals surface area contributed by atoms with Gasteiger partial charge in [0.25, 0.3) is 0 Å². The van der Waals surface area contributed by atoms with Crippen LogP contribution >= 0.6 is 15.2 Å². The summed E-state index contributed by atoms with van der Waals surface area (Å²) in [7, 11) is -12.2. The molecule has 0 aromatic carbocycles. The molecular formula is C3H8N2Na4O7P2. The molecule has 0 saturated heterocycles. The summed E-state index contributed by atoms with van der Waals surface area (Å²) in [4.78, 5) is 41.7. The Hall–Kier alpha value is 4.18. The molecule has 0 amide bonds. The Morgan fingerprint density at radius 3 is 1.28 bits per heavy atom. The molecule has 9 nitrogen and oxygen atoms in total. The molecule has 0 aromatic heterocycles. The fourth-order valence-corrected chi connectivity index (χ4v) is 2.94. The Kier molecular flexibility index (Phi) is 23.6. The Morgan fingerprint density at radius 2 is 1.22 bits per heavy atom. The summed E-state index contributed by atoms with van der Waals surface area (Å²) in [5, 5.41) is 4.90. The van der Waals surface area contributed by atoms with Crippen LogP contribution in [0.5, 0.6) is 0 Å². The first-order valence-corrected chi connectivity index (χ1v) is 6.29. The zero-order valence-electron chi connectivity index (χ0n) is 10.7. The molecule has 0 unspecified atom stereocenters. The van der Waals surface area contributed by atoms with Gasteiger partial charge in [-0.15, -0.1) is 0 Å². The van der Waals surface area contributed by atoms with Crippen LogP contribution in [0.1, 0.15) is 0 Å². The van der Waals surface area contributed by atoms with E-state index in [-0.39, 0.29) is 118 Å². The van der Waals surface area contributed by atoms with Crippen LogP contribution in [0, 0.1) is 0 Å². The van der Waals surface area contributed by atoms with Crippen molar-refractivity contribution in [2.45, 2.75) is 11.1 Å². The number of nitrogens with two attached hydrogens (primary N) is 2. The van der Waals surface area contributed by atoms with Gasteiger partial charge in [0.15, 0.2) is 0 Å². The predicted octanol–water partition coefficient (Wildman–Crippen LogP) is -17.2. The van der Waals surface area contributed by atoms with Gasteiger partial charge in [-0.3, -0.25) is 0 Å². The van der Waals surface area contributed by atoms with Crippen molar-refractivity contribution in [2.24, 2.45) is 11.5 Å². The molecule has 0 aliphatic carbocycles. The van der Waals surface area contributed by atoms with Crippen molar-refractivity contribution in [3.8, 4) is 0 Å². The van der Waals surface area contributed by atoms with Crippen LogP contribution < -0.4 is 149 Å². The maximum atomic E-state index is 10.4. The van der Waals surface area contributed by atoms with Gasteiger partial charge in [-0.05, 0) is 15.2 Å². The average Bonchev–Trinajstić information content (AvgIpc) is 1.97. The molecule has 0 spiro atoms. The molecule has 0 heterocycles. The molecule has 0 aromatic rings. The molecule has 0 bridgehead atoms. The second-order valence-electron chi connectivity index (χ2n) is 2.52. The molecule has 0 aliphatic heterocycles. The van der Waals surface area contributed by atoms with Gasteiger partial charge >= 0.3 is 118 Å². The van der Waals surface area contributed by atoms with Crippen molar-refractivity contribution >= 4 is 15.2 Å². The zero-order valence-corrected chi connectivity index (χ0v) is 20.5. The molecule has 15 heteroatoms. The van der Waals surface area contributed by atoms with Gasteiger partial charge in [0.1, 0.15) is 5.08 Å². The molecule has 0 saturated carbocycles. The number of hydrogen-bond acceptors (Lipinski definition) is 9. The smallest absolute Gasteiger partial charge is 0.808 e. The van der Waals surface area contributed by atoms with Crippen molar-refractivity contribution < 1.29 is 152 Å². The number of aliphatic hydroxyl groups is 1. The van der Waals surface area contributed by atoms with Crippen LogP contribution in [0.4, 0.5) is 0 Å². The van der Waals surface area contributed by atoms with Gasteiger partial charge in [-0.2, -0.15) is 0 Å². The van der Waals surface area contributed by atoms with E-state index in [0.29, 0.717) is 0 Å². The van der Waals surface area contributed by atoms with Crippen molar-refractivity contribution in [3.63, 3.8) is 0 Å². The van der Waals surface area contributed by atoms with Gasteiger partial charge in [0, 0.05) is 6.54 Å². The minimum Gasteiger partial charge on any atom is -0.808 e. The van der Waals surface area contributed by atoms with Crippen molar-refractivity contribution in [1.29, 1.82) is 0 Å². The van der Waals surface area contributed by atoms with Crippen molar-refractivity contribution in [3.05, 3.63) is 0 Å². The first-order chi connectivity index (χ1) is 5.98. The van der Waals surface area contributed by atoms with Crippen molar-refractivity contribution in [2.75, 3.05) is 6.54 Å². The van der Waals surface area contributed by atoms with Crippen LogP contribution in [0.2, 0.25) is 0 Å². The molecule has 0 radical (unpaired) electrons. The van der Waals surface area contributed by atoms with E-state index in [2.05, 4.69) is 0 Å². The van der Waals surface area contributed by atoms with Crippen LogP contribution in [0.15, 0.2) is 0 Å². The normalized spacial score (nSPS) is 13.1. The number of hydrogen-bond donors (Lipinski definition) is 3. The third-order valence-electron chi connectivity index (χ3n) is 1.56. The SMILES string of the molecule is NC[C@H](N)C(O)(P(=O)([O-])[O-])P(=O)([O-])[O-].[Na+].[Na+].[Na+].[Na+]. The standard InChI is InChI=1S/C3H12N2O7P2.4Na/c4-1-2(5)3(6,13(7,8)9)14(10,11)12;;;;/h2,6H,1,4-5H2,(H2,7,8,9)(H2,10,11,12);;;;/q;4*+1/p-4/t2-;;;;/m0..../s1. The Balaban J connectivity index is -0.000000141. The van der Waals surface area contributed by atoms with Crippen LogP contribution in [-0.4, -0.2) is 22.8 Å². The van der Waals surface area contributed by atoms with Crippen LogP contribution in [-0.2, 0) is 9.13 Å². The third kappa shape index (κ3) is 8.15. The zero-order chi connectivity index (χ0) is 11.8. The monoisotopic (exact) mass is 338 g/mol. The molecule has 18 heavy (non-hydrogen) atoms. The van der Waals surface area contributed by atoms with Gasteiger partial charge < -0.3 is 45.3 Å². The molecule has 86 valence electrons. The quantitative estimate of drug-likeness (QED) is 0.329. The first-order valence-electron chi connectivity index (χ1n) is 3.20. The van der Waals surface area contributed by atoms with Gasteiger partial charge in [0.05, 0.1) is 6.04 Å². The summed E-state index contributed by atoms with van der Waals surface area (Å²) in [5.41, 5.74) is 9.57. The fourth-order valence-electron chi connectivity index (χ4n) is 0.714. The molecule has 0 fully saturated rings. The van der Waals surface area contributed by atoms with E-state index in [1.807, 2.05) is 0 Å². The Bertz CT molecular complexity index is 285. The van der Waals surface area contributed by atoms with E-state index in [0.717, 1.165) is 0 Å².